The van der Waals surface area contributed by atoms with Crippen molar-refractivity contribution in [3.8, 4) is 0 Å². The van der Waals surface area contributed by atoms with Crippen LogP contribution in [-0.4, -0.2) is 38.2 Å². The fourth-order valence-corrected chi connectivity index (χ4v) is 4.91. The van der Waals surface area contributed by atoms with Crippen molar-refractivity contribution >= 4 is 22.4 Å². The van der Waals surface area contributed by atoms with Crippen molar-refractivity contribution in [2.24, 2.45) is 7.05 Å². The summed E-state index contributed by atoms with van der Waals surface area (Å²) >= 11 is 0. The third-order valence-corrected chi connectivity index (χ3v) is 7.03. The lowest BCUT2D eigenvalue weighted by atomic mass is 10.1. The molecule has 8 heteroatoms. The SMILES string of the molecule is Cc1ccc(Cn2cc3c(c2Nc2ccc(F)cc2)c(=O)n(C)c(=O)n3CC2CCCN2C)cc1. The van der Waals surface area contributed by atoms with E-state index in [9.17, 15) is 14.0 Å². The number of hydrogen-bond acceptors (Lipinski definition) is 4. The largest absolute Gasteiger partial charge is 0.341 e. The minimum Gasteiger partial charge on any atom is -0.341 e. The third kappa shape index (κ3) is 4.41. The highest BCUT2D eigenvalue weighted by Gasteiger charge is 2.25. The first-order valence-electron chi connectivity index (χ1n) is 11.9. The van der Waals surface area contributed by atoms with Crippen molar-refractivity contribution < 1.29 is 4.39 Å². The van der Waals surface area contributed by atoms with Gasteiger partial charge in [-0.25, -0.2) is 9.18 Å². The molecule has 1 fully saturated rings. The normalized spacial score (nSPS) is 16.3. The van der Waals surface area contributed by atoms with E-state index in [1.54, 1.807) is 16.7 Å². The molecule has 0 aliphatic carbocycles. The Kier molecular flexibility index (Phi) is 6.06. The van der Waals surface area contributed by atoms with E-state index in [2.05, 4.69) is 41.5 Å². The predicted octanol–water partition coefficient (Wildman–Crippen LogP) is 3.84. The lowest BCUT2D eigenvalue weighted by molar-refractivity contribution is 0.280. The third-order valence-electron chi connectivity index (χ3n) is 7.03. The van der Waals surface area contributed by atoms with E-state index >= 15 is 0 Å². The first kappa shape index (κ1) is 23.1. The van der Waals surface area contributed by atoms with Crippen molar-refractivity contribution in [3.05, 3.63) is 92.5 Å². The molecule has 182 valence electrons. The number of nitrogens with zero attached hydrogens (tertiary/aromatic N) is 4. The van der Waals surface area contributed by atoms with E-state index in [-0.39, 0.29) is 23.1 Å². The number of anilines is 2. The molecule has 35 heavy (non-hydrogen) atoms. The minimum atomic E-state index is -0.353. The quantitative estimate of drug-likeness (QED) is 0.460. The Labute approximate surface area is 203 Å². The predicted molar refractivity (Wildman–Crippen MR) is 137 cm³/mol. The maximum Gasteiger partial charge on any atom is 0.331 e. The summed E-state index contributed by atoms with van der Waals surface area (Å²) in [7, 11) is 3.60. The Morgan fingerprint density at radius 2 is 1.74 bits per heavy atom. The fourth-order valence-electron chi connectivity index (χ4n) is 4.91. The van der Waals surface area contributed by atoms with Gasteiger partial charge in [-0.1, -0.05) is 29.8 Å². The average molecular weight is 476 g/mol. The van der Waals surface area contributed by atoms with Crippen molar-refractivity contribution in [1.29, 1.82) is 0 Å². The molecule has 1 aliphatic rings. The summed E-state index contributed by atoms with van der Waals surface area (Å²) in [6.45, 7) is 4.07. The summed E-state index contributed by atoms with van der Waals surface area (Å²) in [5.41, 5.74) is 2.83. The first-order chi connectivity index (χ1) is 16.8. The van der Waals surface area contributed by atoms with Crippen molar-refractivity contribution in [3.63, 3.8) is 0 Å². The van der Waals surface area contributed by atoms with Crippen molar-refractivity contribution in [2.45, 2.75) is 38.9 Å². The van der Waals surface area contributed by atoms with Crippen LogP contribution in [0.2, 0.25) is 0 Å². The number of rotatable bonds is 6. The minimum absolute atomic E-state index is 0.238. The van der Waals surface area contributed by atoms with Gasteiger partial charge in [-0.05, 0) is 63.2 Å². The zero-order valence-electron chi connectivity index (χ0n) is 20.3. The van der Waals surface area contributed by atoms with Crippen molar-refractivity contribution in [2.75, 3.05) is 18.9 Å². The highest BCUT2D eigenvalue weighted by atomic mass is 19.1. The topological polar surface area (TPSA) is 64.2 Å². The second-order valence-corrected chi connectivity index (χ2v) is 9.52. The number of nitrogens with one attached hydrogen (secondary N) is 1. The summed E-state index contributed by atoms with van der Waals surface area (Å²) in [5, 5.41) is 3.78. The molecule has 0 radical (unpaired) electrons. The molecule has 0 saturated carbocycles. The van der Waals surface area contributed by atoms with Gasteiger partial charge in [0.15, 0.2) is 0 Å². The maximum absolute atomic E-state index is 13.5. The second kappa shape index (κ2) is 9.19. The van der Waals surface area contributed by atoms with E-state index in [4.69, 9.17) is 0 Å². The number of hydrogen-bond donors (Lipinski definition) is 1. The van der Waals surface area contributed by atoms with Crippen LogP contribution in [0.4, 0.5) is 15.9 Å². The van der Waals surface area contributed by atoms with E-state index in [1.807, 2.05) is 17.7 Å². The van der Waals surface area contributed by atoms with E-state index < -0.39 is 0 Å². The van der Waals surface area contributed by atoms with Gasteiger partial charge in [0.2, 0.25) is 0 Å². The van der Waals surface area contributed by atoms with Crippen LogP contribution in [-0.2, 0) is 20.1 Å². The molecule has 4 aromatic rings. The summed E-state index contributed by atoms with van der Waals surface area (Å²) in [6, 6.07) is 14.5. The Bertz CT molecular complexity index is 1480. The molecule has 2 aromatic heterocycles. The van der Waals surface area contributed by atoms with Gasteiger partial charge in [0.25, 0.3) is 5.56 Å². The number of benzene rings is 2. The Balaban J connectivity index is 1.69. The van der Waals surface area contributed by atoms with Crippen LogP contribution in [0.25, 0.3) is 10.9 Å². The lowest BCUT2D eigenvalue weighted by Crippen LogP contribution is -2.41. The van der Waals surface area contributed by atoms with Crippen LogP contribution < -0.4 is 16.6 Å². The highest BCUT2D eigenvalue weighted by molar-refractivity contribution is 5.92. The molecule has 1 aliphatic heterocycles. The van der Waals surface area contributed by atoms with Crippen LogP contribution in [0, 0.1) is 12.7 Å². The molecular weight excluding hydrogens is 445 g/mol. The summed E-state index contributed by atoms with van der Waals surface area (Å²) in [6.07, 6.45) is 3.99. The number of fused-ring (bicyclic) bond motifs is 1. The molecule has 5 rings (SSSR count). The van der Waals surface area contributed by atoms with E-state index in [1.165, 1.54) is 29.3 Å². The number of likely N-dealkylation sites (tertiary alicyclic amines) is 1. The molecule has 0 spiro atoms. The van der Waals surface area contributed by atoms with Crippen LogP contribution in [0.15, 0.2) is 64.3 Å². The van der Waals surface area contributed by atoms with Gasteiger partial charge in [-0.15, -0.1) is 0 Å². The summed E-state index contributed by atoms with van der Waals surface area (Å²) < 4.78 is 18.4. The van der Waals surface area contributed by atoms with Crippen molar-refractivity contribution in [1.82, 2.24) is 18.6 Å². The lowest BCUT2D eigenvalue weighted by Gasteiger charge is -2.21. The van der Waals surface area contributed by atoms with Gasteiger partial charge in [0, 0.05) is 38.1 Å². The Morgan fingerprint density at radius 3 is 2.40 bits per heavy atom. The summed E-state index contributed by atoms with van der Waals surface area (Å²) in [5.74, 6) is 0.252. The molecule has 1 atom stereocenters. The van der Waals surface area contributed by atoms with Gasteiger partial charge in [-0.2, -0.15) is 0 Å². The number of aryl methyl sites for hydroxylation is 1. The standard InChI is InChI=1S/C27H30FN5O2/c1-18-6-8-19(9-7-18)15-32-17-23-24(25(32)29-21-12-10-20(28)11-13-21)26(34)31(3)27(35)33(23)16-22-5-4-14-30(22)2/h6-13,17,22,29H,4-5,14-16H2,1-3H3. The molecule has 2 aromatic carbocycles. The molecule has 0 amide bonds. The van der Waals surface area contributed by atoms with Gasteiger partial charge in [0.05, 0.1) is 5.52 Å². The number of likely N-dealkylation sites (N-methyl/N-ethyl adjacent to an activating group) is 1. The van der Waals surface area contributed by atoms with Crippen LogP contribution in [0.1, 0.15) is 24.0 Å². The second-order valence-electron chi connectivity index (χ2n) is 9.52. The molecular formula is C27H30FN5O2. The molecule has 3 heterocycles. The monoisotopic (exact) mass is 475 g/mol. The molecule has 0 bridgehead atoms. The number of halogens is 1. The van der Waals surface area contributed by atoms with E-state index in [0.717, 1.165) is 24.9 Å². The maximum atomic E-state index is 13.5. The smallest absolute Gasteiger partial charge is 0.331 e. The molecule has 1 N–H and O–H groups in total. The van der Waals surface area contributed by atoms with Crippen LogP contribution >= 0.6 is 0 Å². The zero-order valence-corrected chi connectivity index (χ0v) is 20.3. The molecule has 1 unspecified atom stereocenters. The van der Waals surface area contributed by atoms with Gasteiger partial charge < -0.3 is 14.8 Å². The molecule has 7 nitrogen and oxygen atoms in total. The first-order valence-corrected chi connectivity index (χ1v) is 11.9. The summed E-state index contributed by atoms with van der Waals surface area (Å²) in [4.78, 5) is 28.9. The Morgan fingerprint density at radius 1 is 1.03 bits per heavy atom. The van der Waals surface area contributed by atoms with Crippen LogP contribution in [0.3, 0.4) is 0 Å². The van der Waals surface area contributed by atoms with E-state index in [0.29, 0.717) is 35.5 Å². The molecule has 1 saturated heterocycles. The highest BCUT2D eigenvalue weighted by Crippen LogP contribution is 2.28. The van der Waals surface area contributed by atoms with Gasteiger partial charge >= 0.3 is 5.69 Å². The number of aromatic nitrogens is 3. The Hall–Kier alpha value is -3.65. The van der Waals surface area contributed by atoms with Gasteiger partial charge in [-0.3, -0.25) is 13.9 Å². The zero-order chi connectivity index (χ0) is 24.7. The average Bonchev–Trinajstić information content (AvgIpc) is 3.41. The van der Waals surface area contributed by atoms with Gasteiger partial charge in [0.1, 0.15) is 17.0 Å². The van der Waals surface area contributed by atoms with Crippen LogP contribution in [0.5, 0.6) is 0 Å². The fraction of sp³-hybridized carbons (Fsp3) is 0.333.